The zero-order chi connectivity index (χ0) is 14.8. The molecule has 1 aliphatic rings. The van der Waals surface area contributed by atoms with E-state index in [1.807, 2.05) is 0 Å². The highest BCUT2D eigenvalue weighted by molar-refractivity contribution is 7.14. The molecular formula is C14H20N2O3S. The summed E-state index contributed by atoms with van der Waals surface area (Å²) in [7, 11) is 0. The van der Waals surface area contributed by atoms with E-state index in [4.69, 9.17) is 5.11 Å². The molecule has 1 aromatic heterocycles. The number of hydrogen-bond acceptors (Lipinski definition) is 3. The highest BCUT2D eigenvalue weighted by Gasteiger charge is 2.33. The van der Waals surface area contributed by atoms with E-state index in [0.717, 1.165) is 19.3 Å². The van der Waals surface area contributed by atoms with Gasteiger partial charge < -0.3 is 10.4 Å². The van der Waals surface area contributed by atoms with Crippen LogP contribution in [0.4, 0.5) is 9.80 Å². The Labute approximate surface area is 122 Å². The molecule has 5 nitrogen and oxygen atoms in total. The molecule has 1 aliphatic carbocycles. The van der Waals surface area contributed by atoms with Crippen molar-refractivity contribution in [2.75, 3.05) is 5.32 Å². The molecule has 110 valence electrons. The number of rotatable bonds is 3. The van der Waals surface area contributed by atoms with Gasteiger partial charge in [-0.15, -0.1) is 11.3 Å². The largest absolute Gasteiger partial charge is 0.478 e. The predicted octanol–water partition coefficient (Wildman–Crippen LogP) is 3.54. The lowest BCUT2D eigenvalue weighted by Crippen LogP contribution is -2.48. The number of amides is 2. The van der Waals surface area contributed by atoms with Gasteiger partial charge in [-0.1, -0.05) is 26.7 Å². The summed E-state index contributed by atoms with van der Waals surface area (Å²) in [6.07, 6.45) is 4.38. The fraction of sp³-hybridized carbons (Fsp3) is 0.571. The van der Waals surface area contributed by atoms with Crippen LogP contribution in [0.25, 0.3) is 0 Å². The second-order valence-corrected chi connectivity index (χ2v) is 6.77. The summed E-state index contributed by atoms with van der Waals surface area (Å²) in [6, 6.07) is 1.30. The molecule has 0 aliphatic heterocycles. The number of carbonyl (C=O) groups is 2. The average Bonchev–Trinajstić information content (AvgIpc) is 2.80. The maximum Gasteiger partial charge on any atom is 0.338 e. The molecular weight excluding hydrogens is 276 g/mol. The van der Waals surface area contributed by atoms with Crippen LogP contribution >= 0.6 is 11.3 Å². The number of anilines is 1. The second kappa shape index (κ2) is 5.83. The zero-order valence-electron chi connectivity index (χ0n) is 11.7. The Morgan fingerprint density at radius 1 is 1.40 bits per heavy atom. The van der Waals surface area contributed by atoms with Crippen LogP contribution in [0.2, 0.25) is 0 Å². The Hall–Kier alpha value is -1.56. The van der Waals surface area contributed by atoms with Crippen LogP contribution in [0, 0.1) is 5.41 Å². The topological polar surface area (TPSA) is 78.4 Å². The number of nitrogens with one attached hydrogen (secondary N) is 2. The number of carboxylic acids is 1. The molecule has 0 spiro atoms. The van der Waals surface area contributed by atoms with E-state index in [-0.39, 0.29) is 23.1 Å². The number of thiophene rings is 1. The van der Waals surface area contributed by atoms with Crippen molar-refractivity contribution in [3.05, 3.63) is 17.0 Å². The Balaban J connectivity index is 1.98. The molecule has 1 heterocycles. The average molecular weight is 296 g/mol. The lowest BCUT2D eigenvalue weighted by atomic mass is 9.73. The Bertz CT molecular complexity index is 510. The molecule has 3 N–H and O–H groups in total. The minimum Gasteiger partial charge on any atom is -0.478 e. The fourth-order valence-electron chi connectivity index (χ4n) is 2.63. The van der Waals surface area contributed by atoms with E-state index >= 15 is 0 Å². The maximum absolute atomic E-state index is 12.0. The van der Waals surface area contributed by atoms with Crippen molar-refractivity contribution in [2.45, 2.75) is 45.6 Å². The standard InChI is InChI=1S/C14H20N2O3S/c1-14(2)7-4-3-5-10(14)15-13(19)16-11-9(12(17)18)6-8-20-11/h6,8,10H,3-5,7H2,1-2H3,(H,17,18)(H2,15,16,19). The lowest BCUT2D eigenvalue weighted by molar-refractivity contribution is 0.0698. The molecule has 0 saturated heterocycles. The first-order valence-corrected chi connectivity index (χ1v) is 7.66. The van der Waals surface area contributed by atoms with Gasteiger partial charge in [-0.2, -0.15) is 0 Å². The number of carbonyl (C=O) groups excluding carboxylic acids is 1. The van der Waals surface area contributed by atoms with Crippen molar-refractivity contribution >= 4 is 28.3 Å². The molecule has 20 heavy (non-hydrogen) atoms. The lowest BCUT2D eigenvalue weighted by Gasteiger charge is -2.38. The van der Waals surface area contributed by atoms with Crippen molar-refractivity contribution in [1.82, 2.24) is 5.32 Å². The van der Waals surface area contributed by atoms with Gasteiger partial charge in [-0.25, -0.2) is 9.59 Å². The first-order valence-electron chi connectivity index (χ1n) is 6.78. The third-order valence-corrected chi connectivity index (χ3v) is 4.77. The van der Waals surface area contributed by atoms with Crippen LogP contribution < -0.4 is 10.6 Å². The summed E-state index contributed by atoms with van der Waals surface area (Å²) in [5, 5.41) is 16.7. The quantitative estimate of drug-likeness (QED) is 0.798. The minimum absolute atomic E-state index is 0.0840. The van der Waals surface area contributed by atoms with Gasteiger partial charge in [0.1, 0.15) is 5.00 Å². The van der Waals surface area contributed by atoms with Gasteiger partial charge in [-0.05, 0) is 29.7 Å². The first-order chi connectivity index (χ1) is 9.40. The normalized spacial score (nSPS) is 21.2. The second-order valence-electron chi connectivity index (χ2n) is 5.85. The van der Waals surface area contributed by atoms with Crippen LogP contribution in [-0.2, 0) is 0 Å². The summed E-state index contributed by atoms with van der Waals surface area (Å²) in [6.45, 7) is 4.32. The Kier molecular flexibility index (Phi) is 4.32. The maximum atomic E-state index is 12.0. The van der Waals surface area contributed by atoms with Crippen molar-refractivity contribution < 1.29 is 14.7 Å². The summed E-state index contributed by atoms with van der Waals surface area (Å²) < 4.78 is 0. The SMILES string of the molecule is CC1(C)CCCCC1NC(=O)Nc1sccc1C(=O)O. The number of urea groups is 1. The van der Waals surface area contributed by atoms with Crippen LogP contribution in [0.5, 0.6) is 0 Å². The molecule has 0 aromatic carbocycles. The summed E-state index contributed by atoms with van der Waals surface area (Å²) in [5.41, 5.74) is 0.216. The van der Waals surface area contributed by atoms with Gasteiger partial charge in [0.05, 0.1) is 5.56 Å². The third-order valence-electron chi connectivity index (χ3n) is 3.94. The first kappa shape index (κ1) is 14.8. The molecule has 1 saturated carbocycles. The summed E-state index contributed by atoms with van der Waals surface area (Å²) >= 11 is 1.22. The minimum atomic E-state index is -1.03. The van der Waals surface area contributed by atoms with Crippen molar-refractivity contribution in [3.8, 4) is 0 Å². The van der Waals surface area contributed by atoms with Gasteiger partial charge in [-0.3, -0.25) is 5.32 Å². The molecule has 1 atom stereocenters. The van der Waals surface area contributed by atoms with Crippen LogP contribution in [-0.4, -0.2) is 23.1 Å². The van der Waals surface area contributed by atoms with Gasteiger partial charge in [0.25, 0.3) is 0 Å². The molecule has 2 rings (SSSR count). The molecule has 1 aromatic rings. The van der Waals surface area contributed by atoms with Gasteiger partial charge in [0.2, 0.25) is 0 Å². The van der Waals surface area contributed by atoms with Gasteiger partial charge in [0, 0.05) is 6.04 Å². The van der Waals surface area contributed by atoms with E-state index in [9.17, 15) is 9.59 Å². The fourth-order valence-corrected chi connectivity index (χ4v) is 3.41. The molecule has 2 amide bonds. The number of carboxylic acid groups (broad SMARTS) is 1. The van der Waals surface area contributed by atoms with Gasteiger partial charge in [0.15, 0.2) is 0 Å². The highest BCUT2D eigenvalue weighted by atomic mass is 32.1. The summed E-state index contributed by atoms with van der Waals surface area (Å²) in [4.78, 5) is 23.0. The van der Waals surface area contributed by atoms with E-state index in [1.54, 1.807) is 5.38 Å². The highest BCUT2D eigenvalue weighted by Crippen LogP contribution is 2.35. The third kappa shape index (κ3) is 3.30. The van der Waals surface area contributed by atoms with Crippen molar-refractivity contribution in [2.24, 2.45) is 5.41 Å². The zero-order valence-corrected chi connectivity index (χ0v) is 12.5. The Morgan fingerprint density at radius 2 is 2.15 bits per heavy atom. The van der Waals surface area contributed by atoms with Crippen LogP contribution in [0.15, 0.2) is 11.4 Å². The van der Waals surface area contributed by atoms with E-state index in [1.165, 1.54) is 23.8 Å². The Morgan fingerprint density at radius 3 is 2.80 bits per heavy atom. The molecule has 6 heteroatoms. The van der Waals surface area contributed by atoms with Gasteiger partial charge >= 0.3 is 12.0 Å². The van der Waals surface area contributed by atoms with Crippen LogP contribution in [0.1, 0.15) is 49.9 Å². The predicted molar refractivity (Wildman–Crippen MR) is 79.5 cm³/mol. The number of aromatic carboxylic acids is 1. The van der Waals surface area contributed by atoms with Crippen LogP contribution in [0.3, 0.4) is 0 Å². The van der Waals surface area contributed by atoms with Crippen molar-refractivity contribution in [3.63, 3.8) is 0 Å². The monoisotopic (exact) mass is 296 g/mol. The number of hydrogen-bond donors (Lipinski definition) is 3. The molecule has 0 radical (unpaired) electrons. The summed E-state index contributed by atoms with van der Waals surface area (Å²) in [5.74, 6) is -1.03. The smallest absolute Gasteiger partial charge is 0.338 e. The van der Waals surface area contributed by atoms with E-state index in [0.29, 0.717) is 5.00 Å². The van der Waals surface area contributed by atoms with Crippen molar-refractivity contribution in [1.29, 1.82) is 0 Å². The van der Waals surface area contributed by atoms with E-state index < -0.39 is 5.97 Å². The molecule has 0 bridgehead atoms. The molecule has 1 unspecified atom stereocenters. The van der Waals surface area contributed by atoms with E-state index in [2.05, 4.69) is 24.5 Å². The molecule has 1 fully saturated rings.